The van der Waals surface area contributed by atoms with Gasteiger partial charge in [-0.05, 0) is 44.4 Å². The number of rotatable bonds is 5. The Balaban J connectivity index is 2.26. The Morgan fingerprint density at radius 1 is 1.15 bits per heavy atom. The standard InChI is InChI=1S/C18H26N2O5S/c1-13-8-9-15(26(23,24)20-10-6-5-7-11-20)12-16(13)18(22)25-14(2)17(21)19(3)4/h8-9,12,14H,5-7,10-11H2,1-4H3/t14-/m1/s1. The first-order valence-electron chi connectivity index (χ1n) is 8.67. The summed E-state index contributed by atoms with van der Waals surface area (Å²) in [6.07, 6.45) is 1.75. The maximum atomic E-state index is 12.8. The van der Waals surface area contributed by atoms with E-state index < -0.39 is 22.1 Å². The van der Waals surface area contributed by atoms with E-state index >= 15 is 0 Å². The molecule has 1 aliphatic rings. The van der Waals surface area contributed by atoms with Crippen molar-refractivity contribution in [2.45, 2.75) is 44.1 Å². The largest absolute Gasteiger partial charge is 0.449 e. The van der Waals surface area contributed by atoms with Crippen LogP contribution in [0.2, 0.25) is 0 Å². The molecule has 0 aromatic heterocycles. The lowest BCUT2D eigenvalue weighted by Gasteiger charge is -2.26. The topological polar surface area (TPSA) is 84.0 Å². The average Bonchev–Trinajstić information content (AvgIpc) is 2.61. The number of carbonyl (C=O) groups excluding carboxylic acids is 2. The molecule has 0 spiro atoms. The summed E-state index contributed by atoms with van der Waals surface area (Å²) < 4.78 is 32.3. The van der Waals surface area contributed by atoms with E-state index in [2.05, 4.69) is 0 Å². The van der Waals surface area contributed by atoms with Crippen molar-refractivity contribution in [3.05, 3.63) is 29.3 Å². The second-order valence-electron chi connectivity index (χ2n) is 6.72. The molecule has 1 aliphatic heterocycles. The van der Waals surface area contributed by atoms with Crippen LogP contribution in [0.15, 0.2) is 23.1 Å². The van der Waals surface area contributed by atoms with Gasteiger partial charge in [-0.2, -0.15) is 4.31 Å². The summed E-state index contributed by atoms with van der Waals surface area (Å²) in [5.74, 6) is -1.05. The van der Waals surface area contributed by atoms with Crippen molar-refractivity contribution >= 4 is 21.9 Å². The second kappa shape index (κ2) is 8.18. The van der Waals surface area contributed by atoms with Crippen LogP contribution in [-0.4, -0.2) is 62.8 Å². The molecule has 0 N–H and O–H groups in total. The molecule has 0 saturated carbocycles. The fourth-order valence-electron chi connectivity index (χ4n) is 2.87. The second-order valence-corrected chi connectivity index (χ2v) is 8.66. The van der Waals surface area contributed by atoms with Gasteiger partial charge in [-0.15, -0.1) is 0 Å². The van der Waals surface area contributed by atoms with Gasteiger partial charge in [0, 0.05) is 27.2 Å². The van der Waals surface area contributed by atoms with Gasteiger partial charge in [-0.3, -0.25) is 4.79 Å². The summed E-state index contributed by atoms with van der Waals surface area (Å²) in [5, 5.41) is 0. The molecule has 1 amide bonds. The highest BCUT2D eigenvalue weighted by molar-refractivity contribution is 7.89. The van der Waals surface area contributed by atoms with Gasteiger partial charge in [-0.1, -0.05) is 12.5 Å². The number of likely N-dealkylation sites (N-methyl/N-ethyl adjacent to an activating group) is 1. The maximum absolute atomic E-state index is 12.8. The Bertz CT molecular complexity index is 783. The molecule has 0 radical (unpaired) electrons. The number of ether oxygens (including phenoxy) is 1. The Kier molecular flexibility index (Phi) is 6.41. The third-order valence-corrected chi connectivity index (χ3v) is 6.35. The molecule has 8 heteroatoms. The number of esters is 1. The minimum Gasteiger partial charge on any atom is -0.449 e. The summed E-state index contributed by atoms with van der Waals surface area (Å²) in [7, 11) is -0.496. The van der Waals surface area contributed by atoms with Crippen molar-refractivity contribution in [3.8, 4) is 0 Å². The molecule has 0 unspecified atom stereocenters. The van der Waals surface area contributed by atoms with Crippen LogP contribution in [0.4, 0.5) is 0 Å². The first-order chi connectivity index (χ1) is 12.1. The van der Waals surface area contributed by atoms with Crippen LogP contribution in [0.1, 0.15) is 42.1 Å². The van der Waals surface area contributed by atoms with Crippen molar-refractivity contribution < 1.29 is 22.7 Å². The lowest BCUT2D eigenvalue weighted by Crippen LogP contribution is -2.36. The van der Waals surface area contributed by atoms with Crippen LogP contribution >= 0.6 is 0 Å². The smallest absolute Gasteiger partial charge is 0.339 e. The van der Waals surface area contributed by atoms with Crippen molar-refractivity contribution in [3.63, 3.8) is 0 Å². The van der Waals surface area contributed by atoms with E-state index in [-0.39, 0.29) is 16.4 Å². The Hall–Kier alpha value is -1.93. The molecule has 0 bridgehead atoms. The van der Waals surface area contributed by atoms with Gasteiger partial charge in [-0.25, -0.2) is 13.2 Å². The van der Waals surface area contributed by atoms with E-state index in [4.69, 9.17) is 4.74 Å². The number of hydrogen-bond donors (Lipinski definition) is 0. The van der Waals surface area contributed by atoms with Gasteiger partial charge >= 0.3 is 5.97 Å². The third-order valence-electron chi connectivity index (χ3n) is 4.45. The summed E-state index contributed by atoms with van der Waals surface area (Å²) in [6, 6.07) is 4.44. The number of piperidine rings is 1. The van der Waals surface area contributed by atoms with Crippen molar-refractivity contribution in [1.82, 2.24) is 9.21 Å². The summed E-state index contributed by atoms with van der Waals surface area (Å²) in [6.45, 7) is 4.17. The number of hydrogen-bond acceptors (Lipinski definition) is 5. The molecule has 1 atom stereocenters. The minimum absolute atomic E-state index is 0.0727. The third kappa shape index (κ3) is 4.42. The van der Waals surface area contributed by atoms with Crippen molar-refractivity contribution in [1.29, 1.82) is 0 Å². The molecule has 1 aromatic rings. The highest BCUT2D eigenvalue weighted by atomic mass is 32.2. The fourth-order valence-corrected chi connectivity index (χ4v) is 4.42. The molecule has 1 fully saturated rings. The van der Waals surface area contributed by atoms with E-state index in [1.165, 1.54) is 28.3 Å². The quantitative estimate of drug-likeness (QED) is 0.725. The van der Waals surface area contributed by atoms with E-state index in [0.717, 1.165) is 19.3 Å². The van der Waals surface area contributed by atoms with Crippen molar-refractivity contribution in [2.24, 2.45) is 0 Å². The number of amides is 1. The van der Waals surface area contributed by atoms with Gasteiger partial charge in [0.05, 0.1) is 10.5 Å². The molecular weight excluding hydrogens is 356 g/mol. The summed E-state index contributed by atoms with van der Waals surface area (Å²) >= 11 is 0. The Labute approximate surface area is 155 Å². The number of benzene rings is 1. The molecule has 26 heavy (non-hydrogen) atoms. The molecule has 0 aliphatic carbocycles. The molecule has 2 rings (SSSR count). The highest BCUT2D eigenvalue weighted by Gasteiger charge is 2.28. The Morgan fingerprint density at radius 2 is 1.77 bits per heavy atom. The number of carbonyl (C=O) groups is 2. The molecule has 1 heterocycles. The monoisotopic (exact) mass is 382 g/mol. The van der Waals surface area contributed by atoms with Crippen LogP contribution in [0, 0.1) is 6.92 Å². The Morgan fingerprint density at radius 3 is 2.35 bits per heavy atom. The number of aryl methyl sites for hydroxylation is 1. The van der Waals surface area contributed by atoms with E-state index in [0.29, 0.717) is 18.7 Å². The van der Waals surface area contributed by atoms with E-state index in [1.807, 2.05) is 0 Å². The summed E-state index contributed by atoms with van der Waals surface area (Å²) in [4.78, 5) is 25.7. The zero-order chi connectivity index (χ0) is 19.5. The summed E-state index contributed by atoms with van der Waals surface area (Å²) in [5.41, 5.74) is 0.749. The number of nitrogens with zero attached hydrogens (tertiary/aromatic N) is 2. The molecular formula is C18H26N2O5S. The van der Waals surface area contributed by atoms with Gasteiger partial charge in [0.1, 0.15) is 0 Å². The van der Waals surface area contributed by atoms with Crippen LogP contribution < -0.4 is 0 Å². The predicted molar refractivity (Wildman–Crippen MR) is 97.4 cm³/mol. The van der Waals surface area contributed by atoms with Crippen LogP contribution in [-0.2, 0) is 19.6 Å². The van der Waals surface area contributed by atoms with Crippen LogP contribution in [0.3, 0.4) is 0 Å². The molecule has 144 valence electrons. The normalized spacial score (nSPS) is 16.8. The zero-order valence-electron chi connectivity index (χ0n) is 15.7. The molecule has 7 nitrogen and oxygen atoms in total. The molecule has 1 saturated heterocycles. The number of sulfonamides is 1. The SMILES string of the molecule is Cc1ccc(S(=O)(=O)N2CCCCC2)cc1C(=O)O[C@H](C)C(=O)N(C)C. The zero-order valence-corrected chi connectivity index (χ0v) is 16.5. The van der Waals surface area contributed by atoms with Gasteiger partial charge in [0.15, 0.2) is 6.10 Å². The van der Waals surface area contributed by atoms with Gasteiger partial charge in [0.25, 0.3) is 5.91 Å². The first kappa shape index (κ1) is 20.4. The van der Waals surface area contributed by atoms with E-state index in [9.17, 15) is 18.0 Å². The lowest BCUT2D eigenvalue weighted by atomic mass is 10.1. The predicted octanol–water partition coefficient (Wildman–Crippen LogP) is 1.80. The van der Waals surface area contributed by atoms with Crippen LogP contribution in [0.5, 0.6) is 0 Å². The van der Waals surface area contributed by atoms with Gasteiger partial charge < -0.3 is 9.64 Å². The molecule has 1 aromatic carbocycles. The average molecular weight is 382 g/mol. The fraction of sp³-hybridized carbons (Fsp3) is 0.556. The maximum Gasteiger partial charge on any atom is 0.339 e. The lowest BCUT2D eigenvalue weighted by molar-refractivity contribution is -0.137. The van der Waals surface area contributed by atoms with Crippen molar-refractivity contribution in [2.75, 3.05) is 27.2 Å². The van der Waals surface area contributed by atoms with Gasteiger partial charge in [0.2, 0.25) is 10.0 Å². The van der Waals surface area contributed by atoms with E-state index in [1.54, 1.807) is 27.1 Å². The minimum atomic E-state index is -3.64. The van der Waals surface area contributed by atoms with Crippen LogP contribution in [0.25, 0.3) is 0 Å². The highest BCUT2D eigenvalue weighted by Crippen LogP contribution is 2.23. The first-order valence-corrected chi connectivity index (χ1v) is 10.1.